The van der Waals surface area contributed by atoms with Crippen molar-refractivity contribution in [3.8, 4) is 0 Å². The fourth-order valence-electron chi connectivity index (χ4n) is 1.45. The second-order valence-electron chi connectivity index (χ2n) is 4.50. The van der Waals surface area contributed by atoms with E-state index in [9.17, 15) is 19.2 Å². The van der Waals surface area contributed by atoms with Gasteiger partial charge in [-0.15, -0.1) is 0 Å². The van der Waals surface area contributed by atoms with Gasteiger partial charge in [-0.1, -0.05) is 17.7 Å². The minimum absolute atomic E-state index is 0.279. The molecule has 8 nitrogen and oxygen atoms in total. The Morgan fingerprint density at radius 1 is 0.864 bits per heavy atom. The van der Waals surface area contributed by atoms with Crippen LogP contribution in [0.1, 0.15) is 15.9 Å². The van der Waals surface area contributed by atoms with E-state index in [2.05, 4.69) is 16.0 Å². The Morgan fingerprint density at radius 2 is 1.36 bits per heavy atom. The van der Waals surface area contributed by atoms with Gasteiger partial charge >= 0.3 is 5.97 Å². The number of hydrogen-bond donors (Lipinski definition) is 4. The third-order valence-electron chi connectivity index (χ3n) is 2.61. The molecule has 0 unspecified atom stereocenters. The first-order valence-corrected chi connectivity index (χ1v) is 6.48. The maximum atomic E-state index is 11.7. The van der Waals surface area contributed by atoms with Crippen LogP contribution < -0.4 is 16.0 Å². The average molecular weight is 307 g/mol. The van der Waals surface area contributed by atoms with Crippen molar-refractivity contribution < 1.29 is 24.3 Å². The van der Waals surface area contributed by atoms with E-state index in [0.717, 1.165) is 5.56 Å². The number of hydrogen-bond acceptors (Lipinski definition) is 4. The van der Waals surface area contributed by atoms with Crippen LogP contribution in [0.25, 0.3) is 0 Å². The number of aryl methyl sites for hydroxylation is 1. The molecule has 22 heavy (non-hydrogen) atoms. The quantitative estimate of drug-likeness (QED) is 0.516. The molecule has 0 spiro atoms. The van der Waals surface area contributed by atoms with E-state index >= 15 is 0 Å². The molecule has 0 aromatic heterocycles. The van der Waals surface area contributed by atoms with Crippen LogP contribution in [0.3, 0.4) is 0 Å². The Hall–Kier alpha value is -2.90. The van der Waals surface area contributed by atoms with Gasteiger partial charge in [-0.25, -0.2) is 0 Å². The summed E-state index contributed by atoms with van der Waals surface area (Å²) in [5, 5.41) is 15.1. The van der Waals surface area contributed by atoms with Crippen LogP contribution >= 0.6 is 0 Å². The van der Waals surface area contributed by atoms with Gasteiger partial charge in [0, 0.05) is 5.56 Å². The summed E-state index contributed by atoms with van der Waals surface area (Å²) in [6, 6.07) is 6.84. The molecule has 4 N–H and O–H groups in total. The normalized spacial score (nSPS) is 9.68. The lowest BCUT2D eigenvalue weighted by Crippen LogP contribution is -2.42. The second-order valence-corrected chi connectivity index (χ2v) is 4.50. The Labute approximate surface area is 126 Å². The Morgan fingerprint density at radius 3 is 1.91 bits per heavy atom. The zero-order chi connectivity index (χ0) is 16.5. The lowest BCUT2D eigenvalue weighted by molar-refractivity contribution is -0.137. The van der Waals surface area contributed by atoms with Gasteiger partial charge in [-0.05, 0) is 19.1 Å². The molecule has 118 valence electrons. The number of aliphatic carboxylic acids is 1. The molecule has 0 saturated carbocycles. The maximum absolute atomic E-state index is 11.7. The molecule has 0 radical (unpaired) electrons. The van der Waals surface area contributed by atoms with Gasteiger partial charge in [0.05, 0.1) is 13.1 Å². The van der Waals surface area contributed by atoms with Crippen molar-refractivity contribution in [3.05, 3.63) is 35.4 Å². The minimum atomic E-state index is -1.18. The molecule has 0 bridgehead atoms. The third kappa shape index (κ3) is 6.51. The number of carboxylic acid groups (broad SMARTS) is 1. The van der Waals surface area contributed by atoms with Crippen LogP contribution in [0.5, 0.6) is 0 Å². The van der Waals surface area contributed by atoms with Crippen LogP contribution in [0.2, 0.25) is 0 Å². The molecular formula is C14H17N3O5. The summed E-state index contributed by atoms with van der Waals surface area (Å²) in [6.07, 6.45) is 0. The molecule has 0 fully saturated rings. The molecule has 8 heteroatoms. The van der Waals surface area contributed by atoms with E-state index in [1.54, 1.807) is 24.3 Å². The Balaban J connectivity index is 2.28. The van der Waals surface area contributed by atoms with Crippen molar-refractivity contribution in [1.29, 1.82) is 0 Å². The summed E-state index contributed by atoms with van der Waals surface area (Å²) in [5.74, 6) is -2.75. The molecule has 0 heterocycles. The molecule has 1 rings (SSSR count). The van der Waals surface area contributed by atoms with E-state index in [0.29, 0.717) is 5.56 Å². The summed E-state index contributed by atoms with van der Waals surface area (Å²) in [5.41, 5.74) is 1.44. The smallest absolute Gasteiger partial charge is 0.322 e. The molecule has 0 atom stereocenters. The zero-order valence-electron chi connectivity index (χ0n) is 12.0. The molecule has 3 amide bonds. The number of amides is 3. The fourth-order valence-corrected chi connectivity index (χ4v) is 1.45. The summed E-state index contributed by atoms with van der Waals surface area (Å²) < 4.78 is 0. The molecule has 0 aliphatic heterocycles. The Bertz CT molecular complexity index is 568. The highest BCUT2D eigenvalue weighted by atomic mass is 16.4. The number of nitrogens with one attached hydrogen (secondary N) is 3. The highest BCUT2D eigenvalue weighted by molar-refractivity contribution is 5.96. The molecule has 1 aromatic rings. The van der Waals surface area contributed by atoms with E-state index in [1.807, 2.05) is 6.92 Å². The number of benzene rings is 1. The van der Waals surface area contributed by atoms with Gasteiger partial charge < -0.3 is 21.1 Å². The van der Waals surface area contributed by atoms with E-state index in [-0.39, 0.29) is 13.1 Å². The third-order valence-corrected chi connectivity index (χ3v) is 2.61. The average Bonchev–Trinajstić information content (AvgIpc) is 2.49. The zero-order valence-corrected chi connectivity index (χ0v) is 12.0. The van der Waals surface area contributed by atoms with Gasteiger partial charge in [0.2, 0.25) is 11.8 Å². The first-order chi connectivity index (χ1) is 10.4. The molecule has 0 aliphatic carbocycles. The van der Waals surface area contributed by atoms with Crippen LogP contribution in [0, 0.1) is 6.92 Å². The lowest BCUT2D eigenvalue weighted by atomic mass is 10.1. The fraction of sp³-hybridized carbons (Fsp3) is 0.286. The van der Waals surface area contributed by atoms with E-state index in [4.69, 9.17) is 5.11 Å². The number of carbonyl (C=O) groups excluding carboxylic acids is 3. The van der Waals surface area contributed by atoms with Crippen molar-refractivity contribution in [2.24, 2.45) is 0 Å². The molecule has 0 saturated heterocycles. The van der Waals surface area contributed by atoms with Crippen LogP contribution in [0.15, 0.2) is 24.3 Å². The monoisotopic (exact) mass is 307 g/mol. The lowest BCUT2D eigenvalue weighted by Gasteiger charge is -2.07. The minimum Gasteiger partial charge on any atom is -0.480 e. The molecule has 0 aliphatic rings. The van der Waals surface area contributed by atoms with Crippen molar-refractivity contribution in [2.75, 3.05) is 19.6 Å². The van der Waals surface area contributed by atoms with Crippen molar-refractivity contribution in [2.45, 2.75) is 6.92 Å². The topological polar surface area (TPSA) is 125 Å². The van der Waals surface area contributed by atoms with E-state index in [1.165, 1.54) is 0 Å². The van der Waals surface area contributed by atoms with E-state index < -0.39 is 30.2 Å². The van der Waals surface area contributed by atoms with Crippen LogP contribution in [-0.2, 0) is 14.4 Å². The maximum Gasteiger partial charge on any atom is 0.322 e. The van der Waals surface area contributed by atoms with Crippen molar-refractivity contribution in [1.82, 2.24) is 16.0 Å². The molecular weight excluding hydrogens is 290 g/mol. The Kier molecular flexibility index (Phi) is 6.55. The number of rotatable bonds is 7. The summed E-state index contributed by atoms with van der Waals surface area (Å²) >= 11 is 0. The first-order valence-electron chi connectivity index (χ1n) is 6.48. The predicted molar refractivity (Wildman–Crippen MR) is 77.2 cm³/mol. The van der Waals surface area contributed by atoms with Gasteiger partial charge in [0.15, 0.2) is 0 Å². The largest absolute Gasteiger partial charge is 0.480 e. The van der Waals surface area contributed by atoms with Crippen LogP contribution in [0.4, 0.5) is 0 Å². The van der Waals surface area contributed by atoms with Crippen LogP contribution in [-0.4, -0.2) is 48.4 Å². The summed E-state index contributed by atoms with van der Waals surface area (Å²) in [4.78, 5) is 44.6. The highest BCUT2D eigenvalue weighted by Gasteiger charge is 2.09. The summed E-state index contributed by atoms with van der Waals surface area (Å²) in [6.45, 7) is 0.745. The van der Waals surface area contributed by atoms with Gasteiger partial charge in [-0.3, -0.25) is 19.2 Å². The number of carbonyl (C=O) groups is 4. The SMILES string of the molecule is Cc1ccc(C(=O)NCC(=O)NCC(=O)NCC(=O)O)cc1. The highest BCUT2D eigenvalue weighted by Crippen LogP contribution is 2.02. The van der Waals surface area contributed by atoms with Crippen molar-refractivity contribution >= 4 is 23.7 Å². The van der Waals surface area contributed by atoms with Gasteiger partial charge in [0.25, 0.3) is 5.91 Å². The second kappa shape index (κ2) is 8.40. The first kappa shape index (κ1) is 17.2. The predicted octanol–water partition coefficient (Wildman–Crippen LogP) is -0.958. The van der Waals surface area contributed by atoms with Gasteiger partial charge in [-0.2, -0.15) is 0 Å². The summed E-state index contributed by atoms with van der Waals surface area (Å²) in [7, 11) is 0. The van der Waals surface area contributed by atoms with Crippen molar-refractivity contribution in [3.63, 3.8) is 0 Å². The number of carboxylic acids is 1. The molecule has 1 aromatic carbocycles. The van der Waals surface area contributed by atoms with Gasteiger partial charge in [0.1, 0.15) is 6.54 Å². The standard InChI is InChI=1S/C14H17N3O5/c1-9-2-4-10(5-3-9)14(22)17-7-12(19)15-6-11(18)16-8-13(20)21/h2-5H,6-8H2,1H3,(H,15,19)(H,16,18)(H,17,22)(H,20,21).